The van der Waals surface area contributed by atoms with Crippen molar-refractivity contribution < 1.29 is 4.39 Å². The number of allylic oxidation sites excluding steroid dienone is 2. The van der Waals surface area contributed by atoms with Crippen LogP contribution in [-0.2, 0) is 12.8 Å². The normalized spacial score (nSPS) is 25.1. The number of benzene rings is 1. The fourth-order valence-corrected chi connectivity index (χ4v) is 5.54. The van der Waals surface area contributed by atoms with Crippen LogP contribution in [0.1, 0.15) is 108 Å². The van der Waals surface area contributed by atoms with Gasteiger partial charge >= 0.3 is 0 Å². The van der Waals surface area contributed by atoms with E-state index in [1.807, 2.05) is 13.0 Å². The minimum Gasteiger partial charge on any atom is -0.207 e. The molecule has 3 rings (SSSR count). The van der Waals surface area contributed by atoms with Crippen LogP contribution in [0.15, 0.2) is 29.8 Å². The molecule has 0 aromatic heterocycles. The molecule has 0 spiro atoms. The van der Waals surface area contributed by atoms with Gasteiger partial charge < -0.3 is 0 Å². The van der Waals surface area contributed by atoms with Gasteiger partial charge in [0.2, 0.25) is 0 Å². The van der Waals surface area contributed by atoms with E-state index in [-0.39, 0.29) is 5.82 Å². The van der Waals surface area contributed by atoms with E-state index in [9.17, 15) is 4.39 Å². The van der Waals surface area contributed by atoms with E-state index in [4.69, 9.17) is 0 Å². The molecule has 29 heavy (non-hydrogen) atoms. The zero-order valence-corrected chi connectivity index (χ0v) is 19.0. The Labute approximate surface area is 179 Å². The zero-order chi connectivity index (χ0) is 20.5. The number of halogens is 1. The Morgan fingerprint density at radius 3 is 2.21 bits per heavy atom. The highest BCUT2D eigenvalue weighted by Gasteiger charge is 2.22. The van der Waals surface area contributed by atoms with Crippen molar-refractivity contribution >= 4 is 0 Å². The van der Waals surface area contributed by atoms with E-state index in [0.29, 0.717) is 0 Å². The molecule has 2 aliphatic rings. The molecule has 1 heteroatoms. The van der Waals surface area contributed by atoms with Gasteiger partial charge in [0.25, 0.3) is 0 Å². The van der Waals surface area contributed by atoms with Crippen LogP contribution in [0.3, 0.4) is 0 Å². The third kappa shape index (κ3) is 7.26. The summed E-state index contributed by atoms with van der Waals surface area (Å²) in [7, 11) is 0. The average Bonchev–Trinajstić information content (AvgIpc) is 2.76. The van der Waals surface area contributed by atoms with Gasteiger partial charge in [-0.2, -0.15) is 0 Å². The lowest BCUT2D eigenvalue weighted by Crippen LogP contribution is -2.16. The van der Waals surface area contributed by atoms with Crippen LogP contribution in [0.25, 0.3) is 0 Å². The fourth-order valence-electron chi connectivity index (χ4n) is 5.54. The molecule has 1 aromatic rings. The second-order valence-corrected chi connectivity index (χ2v) is 9.89. The predicted octanol–water partition coefficient (Wildman–Crippen LogP) is 8.82. The molecule has 1 fully saturated rings. The maximum absolute atomic E-state index is 14.0. The van der Waals surface area contributed by atoms with Crippen LogP contribution in [-0.4, -0.2) is 0 Å². The van der Waals surface area contributed by atoms with E-state index in [0.717, 1.165) is 48.1 Å². The fraction of sp³-hybridized carbons (Fsp3) is 0.714. The maximum Gasteiger partial charge on any atom is 0.126 e. The van der Waals surface area contributed by atoms with Crippen molar-refractivity contribution in [3.05, 3.63) is 46.8 Å². The van der Waals surface area contributed by atoms with E-state index in [2.05, 4.69) is 19.1 Å². The standard InChI is InChI=1S/C28H43F/c1-3-5-6-22-7-9-23(10-8-22)11-12-24-13-15-25(16-14-24)17-18-26-19-20-27(4-2)28(29)21-26/h15,19-24H,3-14,16-18H2,1-2H3. The molecule has 0 radical (unpaired) electrons. The summed E-state index contributed by atoms with van der Waals surface area (Å²) < 4.78 is 14.0. The Morgan fingerprint density at radius 1 is 0.862 bits per heavy atom. The number of hydrogen-bond acceptors (Lipinski definition) is 0. The molecule has 0 bridgehead atoms. The Bertz CT molecular complexity index is 636. The van der Waals surface area contributed by atoms with Gasteiger partial charge in [-0.1, -0.05) is 89.0 Å². The van der Waals surface area contributed by atoms with Gasteiger partial charge in [-0.25, -0.2) is 4.39 Å². The molecule has 0 amide bonds. The molecule has 0 saturated heterocycles. The van der Waals surface area contributed by atoms with Gasteiger partial charge in [-0.3, -0.25) is 0 Å². The summed E-state index contributed by atoms with van der Waals surface area (Å²) in [4.78, 5) is 0. The summed E-state index contributed by atoms with van der Waals surface area (Å²) in [5, 5.41) is 0. The SMILES string of the molecule is CCCCC1CCC(CCC2CC=C(CCc3ccc(CC)c(F)c3)CC2)CC1. The summed E-state index contributed by atoms with van der Waals surface area (Å²) in [5.74, 6) is 2.94. The number of hydrogen-bond donors (Lipinski definition) is 0. The minimum atomic E-state index is -0.0258. The first-order valence-electron chi connectivity index (χ1n) is 12.6. The maximum atomic E-state index is 14.0. The van der Waals surface area contributed by atoms with Gasteiger partial charge in [0, 0.05) is 0 Å². The molecule has 0 aliphatic heterocycles. The molecule has 0 N–H and O–H groups in total. The Hall–Kier alpha value is -1.11. The van der Waals surface area contributed by atoms with Crippen molar-refractivity contribution in [2.24, 2.45) is 17.8 Å². The lowest BCUT2D eigenvalue weighted by molar-refractivity contribution is 0.235. The Morgan fingerprint density at radius 2 is 1.59 bits per heavy atom. The van der Waals surface area contributed by atoms with Crippen molar-refractivity contribution in [3.63, 3.8) is 0 Å². The monoisotopic (exact) mass is 398 g/mol. The third-order valence-corrected chi connectivity index (χ3v) is 7.76. The van der Waals surface area contributed by atoms with Gasteiger partial charge in [-0.05, 0) is 79.9 Å². The quantitative estimate of drug-likeness (QED) is 0.345. The molecule has 0 heterocycles. The second-order valence-electron chi connectivity index (χ2n) is 9.89. The van der Waals surface area contributed by atoms with E-state index < -0.39 is 0 Å². The molecule has 1 atom stereocenters. The molecular weight excluding hydrogens is 355 g/mol. The Kier molecular flexibility index (Phi) is 9.28. The second kappa shape index (κ2) is 11.9. The van der Waals surface area contributed by atoms with Crippen molar-refractivity contribution in [1.82, 2.24) is 0 Å². The van der Waals surface area contributed by atoms with Crippen LogP contribution >= 0.6 is 0 Å². The van der Waals surface area contributed by atoms with Crippen LogP contribution in [0.2, 0.25) is 0 Å². The first-order valence-corrected chi connectivity index (χ1v) is 12.6. The highest BCUT2D eigenvalue weighted by molar-refractivity contribution is 5.25. The largest absolute Gasteiger partial charge is 0.207 e. The summed E-state index contributed by atoms with van der Waals surface area (Å²) >= 11 is 0. The molecule has 1 saturated carbocycles. The van der Waals surface area contributed by atoms with Crippen LogP contribution < -0.4 is 0 Å². The van der Waals surface area contributed by atoms with Gasteiger partial charge in [-0.15, -0.1) is 0 Å². The third-order valence-electron chi connectivity index (χ3n) is 7.76. The van der Waals surface area contributed by atoms with E-state index in [1.165, 1.54) is 77.0 Å². The molecule has 2 aliphatic carbocycles. The van der Waals surface area contributed by atoms with E-state index in [1.54, 1.807) is 11.6 Å². The van der Waals surface area contributed by atoms with E-state index >= 15 is 0 Å². The zero-order valence-electron chi connectivity index (χ0n) is 19.0. The molecule has 1 unspecified atom stereocenters. The Balaban J connectivity index is 1.33. The number of unbranched alkanes of at least 4 members (excludes halogenated alkanes) is 1. The minimum absolute atomic E-state index is 0.0258. The predicted molar refractivity (Wildman–Crippen MR) is 124 cm³/mol. The summed E-state index contributed by atoms with van der Waals surface area (Å²) in [6.07, 6.45) is 22.5. The van der Waals surface area contributed by atoms with Crippen molar-refractivity contribution in [2.75, 3.05) is 0 Å². The van der Waals surface area contributed by atoms with Crippen molar-refractivity contribution in [1.29, 1.82) is 0 Å². The lowest BCUT2D eigenvalue weighted by atomic mass is 9.76. The molecule has 1 aromatic carbocycles. The topological polar surface area (TPSA) is 0 Å². The summed E-state index contributed by atoms with van der Waals surface area (Å²) in [5.41, 5.74) is 3.60. The van der Waals surface area contributed by atoms with Gasteiger partial charge in [0.1, 0.15) is 5.82 Å². The lowest BCUT2D eigenvalue weighted by Gasteiger charge is -2.30. The molecule has 0 nitrogen and oxygen atoms in total. The highest BCUT2D eigenvalue weighted by atomic mass is 19.1. The van der Waals surface area contributed by atoms with Crippen molar-refractivity contribution in [3.8, 4) is 0 Å². The van der Waals surface area contributed by atoms with Crippen LogP contribution in [0.5, 0.6) is 0 Å². The summed E-state index contributed by atoms with van der Waals surface area (Å²) in [6, 6.07) is 5.83. The average molecular weight is 399 g/mol. The smallest absolute Gasteiger partial charge is 0.126 e. The first-order chi connectivity index (χ1) is 14.2. The number of aryl methyl sites for hydroxylation is 2. The van der Waals surface area contributed by atoms with Gasteiger partial charge in [0.05, 0.1) is 0 Å². The van der Waals surface area contributed by atoms with Crippen LogP contribution in [0.4, 0.5) is 4.39 Å². The highest BCUT2D eigenvalue weighted by Crippen LogP contribution is 2.37. The molecular formula is C28H43F. The summed E-state index contributed by atoms with van der Waals surface area (Å²) in [6.45, 7) is 4.33. The van der Waals surface area contributed by atoms with Crippen LogP contribution in [0, 0.1) is 23.6 Å². The van der Waals surface area contributed by atoms with Crippen molar-refractivity contribution in [2.45, 2.75) is 110 Å². The number of rotatable bonds is 10. The van der Waals surface area contributed by atoms with Gasteiger partial charge in [0.15, 0.2) is 0 Å². The first kappa shape index (κ1) is 22.6. The molecule has 162 valence electrons.